The summed E-state index contributed by atoms with van der Waals surface area (Å²) in [5.74, 6) is 0.162. The normalized spacial score (nSPS) is 10.5. The number of aromatic amines is 1. The standard InChI is InChI=1S/C5H5N5S/c6-5-9-3-2(4(11)10-5)7-1-8-3/h1H,(H4,6,7,8,9,10,11)/p-1. The monoisotopic (exact) mass is 166 g/mol. The van der Waals surface area contributed by atoms with Gasteiger partial charge in [-0.25, -0.2) is 9.97 Å². The van der Waals surface area contributed by atoms with Crippen LogP contribution in [0.3, 0.4) is 0 Å². The van der Waals surface area contributed by atoms with Crippen LogP contribution in [0.4, 0.5) is 5.95 Å². The molecule has 0 unspecified atom stereocenters. The number of nitrogens with two attached hydrogens (primary N) is 1. The second-order valence-electron chi connectivity index (χ2n) is 1.99. The predicted molar refractivity (Wildman–Crippen MR) is 41.7 cm³/mol. The fraction of sp³-hybridized carbons (Fsp3) is 0. The van der Waals surface area contributed by atoms with E-state index in [0.717, 1.165) is 0 Å². The van der Waals surface area contributed by atoms with E-state index in [1.807, 2.05) is 0 Å². The molecule has 0 radical (unpaired) electrons. The lowest BCUT2D eigenvalue weighted by Gasteiger charge is -2.04. The van der Waals surface area contributed by atoms with Crippen LogP contribution in [0.1, 0.15) is 0 Å². The number of fused-ring (bicyclic) bond motifs is 1. The van der Waals surface area contributed by atoms with Crippen LogP contribution < -0.4 is 5.73 Å². The molecule has 2 aromatic heterocycles. The number of nitrogens with zero attached hydrogens (tertiary/aromatic N) is 3. The van der Waals surface area contributed by atoms with Gasteiger partial charge in [0.05, 0.1) is 11.8 Å². The maximum absolute atomic E-state index is 5.34. The van der Waals surface area contributed by atoms with Gasteiger partial charge in [0.2, 0.25) is 5.95 Å². The van der Waals surface area contributed by atoms with Crippen molar-refractivity contribution in [2.24, 2.45) is 0 Å². The Morgan fingerprint density at radius 3 is 3.09 bits per heavy atom. The van der Waals surface area contributed by atoms with E-state index < -0.39 is 0 Å². The lowest BCUT2D eigenvalue weighted by Crippen LogP contribution is -1.96. The highest BCUT2D eigenvalue weighted by Crippen LogP contribution is 2.10. The molecule has 6 heteroatoms. The summed E-state index contributed by atoms with van der Waals surface area (Å²) in [5.41, 5.74) is 6.52. The van der Waals surface area contributed by atoms with Gasteiger partial charge in [-0.15, -0.1) is 0 Å². The number of hydrogen-bond donors (Lipinski definition) is 2. The molecule has 0 aromatic carbocycles. The topological polar surface area (TPSA) is 80.5 Å². The van der Waals surface area contributed by atoms with Gasteiger partial charge in [-0.2, -0.15) is 4.98 Å². The Hall–Kier alpha value is -1.43. The van der Waals surface area contributed by atoms with Crippen molar-refractivity contribution in [3.8, 4) is 0 Å². The number of H-pyrrole nitrogens is 1. The van der Waals surface area contributed by atoms with Crippen molar-refractivity contribution in [2.45, 2.75) is 5.03 Å². The smallest absolute Gasteiger partial charge is 0.220 e. The first kappa shape index (κ1) is 6.29. The van der Waals surface area contributed by atoms with E-state index in [1.54, 1.807) is 0 Å². The Morgan fingerprint density at radius 2 is 2.27 bits per heavy atom. The van der Waals surface area contributed by atoms with E-state index in [9.17, 15) is 0 Å². The fourth-order valence-corrected chi connectivity index (χ4v) is 1.07. The van der Waals surface area contributed by atoms with Gasteiger partial charge in [0, 0.05) is 0 Å². The summed E-state index contributed by atoms with van der Waals surface area (Å²) in [4.78, 5) is 14.3. The van der Waals surface area contributed by atoms with Crippen LogP contribution >= 0.6 is 0 Å². The summed E-state index contributed by atoms with van der Waals surface area (Å²) in [5, 5.41) is 0.407. The van der Waals surface area contributed by atoms with E-state index in [1.165, 1.54) is 6.33 Å². The molecule has 11 heavy (non-hydrogen) atoms. The van der Waals surface area contributed by atoms with Gasteiger partial charge < -0.3 is 23.3 Å². The highest BCUT2D eigenvalue weighted by atomic mass is 32.1. The summed E-state index contributed by atoms with van der Waals surface area (Å²) in [6.45, 7) is 0. The maximum Gasteiger partial charge on any atom is 0.220 e. The van der Waals surface area contributed by atoms with Crippen molar-refractivity contribution >= 4 is 29.7 Å². The van der Waals surface area contributed by atoms with Crippen molar-refractivity contribution in [1.29, 1.82) is 0 Å². The van der Waals surface area contributed by atoms with Crippen molar-refractivity contribution < 1.29 is 0 Å². The molecule has 0 atom stereocenters. The van der Waals surface area contributed by atoms with Crippen LogP contribution in [-0.2, 0) is 12.6 Å². The van der Waals surface area contributed by atoms with Crippen molar-refractivity contribution in [3.05, 3.63) is 6.33 Å². The SMILES string of the molecule is Nc1nc([S-])c2[nH]cnc2n1. The number of imidazole rings is 1. The lowest BCUT2D eigenvalue weighted by atomic mass is 10.5. The van der Waals surface area contributed by atoms with Crippen LogP contribution in [0.2, 0.25) is 0 Å². The van der Waals surface area contributed by atoms with Gasteiger partial charge in [0.25, 0.3) is 0 Å². The number of anilines is 1. The Bertz CT molecular complexity index is 395. The van der Waals surface area contributed by atoms with Crippen molar-refractivity contribution in [3.63, 3.8) is 0 Å². The molecule has 0 spiro atoms. The number of hydrogen-bond acceptors (Lipinski definition) is 5. The first-order valence-corrected chi connectivity index (χ1v) is 3.32. The Morgan fingerprint density at radius 1 is 1.45 bits per heavy atom. The minimum atomic E-state index is 0.162. The van der Waals surface area contributed by atoms with E-state index in [-0.39, 0.29) is 5.95 Å². The highest BCUT2D eigenvalue weighted by molar-refractivity contribution is 7.59. The molecule has 2 heterocycles. The molecule has 0 amide bonds. The number of rotatable bonds is 0. The average Bonchev–Trinajstić information content (AvgIpc) is 2.34. The number of nitrogens with one attached hydrogen (secondary N) is 1. The average molecular weight is 166 g/mol. The Kier molecular flexibility index (Phi) is 1.16. The maximum atomic E-state index is 5.34. The quantitative estimate of drug-likeness (QED) is 0.420. The molecule has 2 rings (SSSR count). The van der Waals surface area contributed by atoms with Crippen LogP contribution in [0.15, 0.2) is 11.4 Å². The highest BCUT2D eigenvalue weighted by Gasteiger charge is 1.98. The third kappa shape index (κ3) is 0.874. The Labute approximate surface area is 67.5 Å². The summed E-state index contributed by atoms with van der Waals surface area (Å²) in [6.07, 6.45) is 1.51. The lowest BCUT2D eigenvalue weighted by molar-refractivity contribution is 1.11. The molecule has 0 saturated heterocycles. The zero-order valence-corrected chi connectivity index (χ0v) is 6.22. The van der Waals surface area contributed by atoms with Gasteiger partial charge in [-0.3, -0.25) is 0 Å². The molecule has 3 N–H and O–H groups in total. The summed E-state index contributed by atoms with van der Waals surface area (Å²) < 4.78 is 0. The number of nitrogen functional groups attached to an aromatic ring is 1. The molecule has 0 saturated carbocycles. The van der Waals surface area contributed by atoms with E-state index >= 15 is 0 Å². The Balaban J connectivity index is 2.91. The molecular weight excluding hydrogens is 162 g/mol. The van der Waals surface area contributed by atoms with Crippen molar-refractivity contribution in [2.75, 3.05) is 5.73 Å². The van der Waals surface area contributed by atoms with E-state index in [0.29, 0.717) is 16.2 Å². The second kappa shape index (κ2) is 2.03. The largest absolute Gasteiger partial charge is 0.758 e. The molecule has 0 bridgehead atoms. The third-order valence-electron chi connectivity index (χ3n) is 1.27. The van der Waals surface area contributed by atoms with Crippen molar-refractivity contribution in [1.82, 2.24) is 19.9 Å². The van der Waals surface area contributed by atoms with Gasteiger partial charge in [0.15, 0.2) is 5.65 Å². The van der Waals surface area contributed by atoms with Gasteiger partial charge in [-0.05, 0) is 0 Å². The molecule has 2 aromatic rings. The minimum Gasteiger partial charge on any atom is -0.758 e. The van der Waals surface area contributed by atoms with Crippen LogP contribution in [0.5, 0.6) is 0 Å². The summed E-state index contributed by atoms with van der Waals surface area (Å²) >= 11 is 4.89. The van der Waals surface area contributed by atoms with Crippen LogP contribution in [0, 0.1) is 0 Å². The summed E-state index contributed by atoms with van der Waals surface area (Å²) in [7, 11) is 0. The first-order valence-electron chi connectivity index (χ1n) is 2.91. The minimum absolute atomic E-state index is 0.162. The molecule has 0 aliphatic heterocycles. The molecule has 56 valence electrons. The van der Waals surface area contributed by atoms with Gasteiger partial charge >= 0.3 is 0 Å². The molecule has 0 aliphatic carbocycles. The van der Waals surface area contributed by atoms with Crippen LogP contribution in [-0.4, -0.2) is 19.9 Å². The van der Waals surface area contributed by atoms with E-state index in [4.69, 9.17) is 18.4 Å². The predicted octanol–water partition coefficient (Wildman–Crippen LogP) is -0.159. The molecular formula is C5H4N5S-. The third-order valence-corrected chi connectivity index (χ3v) is 1.57. The van der Waals surface area contributed by atoms with Gasteiger partial charge in [-0.1, -0.05) is 5.03 Å². The summed E-state index contributed by atoms with van der Waals surface area (Å²) in [6, 6.07) is 0. The van der Waals surface area contributed by atoms with E-state index in [2.05, 4.69) is 19.9 Å². The zero-order valence-electron chi connectivity index (χ0n) is 5.40. The molecule has 5 nitrogen and oxygen atoms in total. The molecule has 0 fully saturated rings. The van der Waals surface area contributed by atoms with Crippen LogP contribution in [0.25, 0.3) is 11.2 Å². The molecule has 0 aliphatic rings. The second-order valence-corrected chi connectivity index (χ2v) is 2.37. The zero-order chi connectivity index (χ0) is 7.84. The number of aromatic nitrogens is 4. The first-order chi connectivity index (χ1) is 5.27. The fourth-order valence-electron chi connectivity index (χ4n) is 0.823. The van der Waals surface area contributed by atoms with Gasteiger partial charge in [0.1, 0.15) is 0 Å².